The van der Waals surface area contributed by atoms with Gasteiger partial charge in [0.15, 0.2) is 0 Å². The van der Waals surface area contributed by atoms with Crippen molar-refractivity contribution >= 4 is 21.6 Å². The Morgan fingerprint density at radius 1 is 1.00 bits per heavy atom. The minimum atomic E-state index is -3.58. The second-order valence-corrected chi connectivity index (χ2v) is 7.72. The fourth-order valence-corrected chi connectivity index (χ4v) is 3.51. The van der Waals surface area contributed by atoms with Crippen LogP contribution in [0.5, 0.6) is 0 Å². The van der Waals surface area contributed by atoms with Crippen LogP contribution in [0.15, 0.2) is 59.5 Å². The molecule has 2 aromatic rings. The smallest absolute Gasteiger partial charge is 0.240 e. The van der Waals surface area contributed by atoms with Gasteiger partial charge in [-0.2, -0.15) is 0 Å². The number of anilines is 1. The van der Waals surface area contributed by atoms with Gasteiger partial charge in [-0.3, -0.25) is 4.79 Å². The van der Waals surface area contributed by atoms with Crippen LogP contribution in [-0.2, 0) is 21.4 Å². The predicted molar refractivity (Wildman–Crippen MR) is 92.9 cm³/mol. The van der Waals surface area contributed by atoms with Crippen molar-refractivity contribution in [2.75, 3.05) is 5.32 Å². The van der Waals surface area contributed by atoms with Crippen molar-refractivity contribution in [1.82, 2.24) is 4.72 Å². The number of carbonyl (C=O) groups is 1. The average Bonchev–Trinajstić information content (AvgIpc) is 2.53. The van der Waals surface area contributed by atoms with Gasteiger partial charge in [-0.25, -0.2) is 13.1 Å². The lowest BCUT2D eigenvalue weighted by molar-refractivity contribution is -0.122. The van der Waals surface area contributed by atoms with E-state index in [1.165, 1.54) is 12.1 Å². The molecule has 0 aliphatic heterocycles. The molecule has 0 atom stereocenters. The van der Waals surface area contributed by atoms with Gasteiger partial charge < -0.3 is 5.32 Å². The maximum absolute atomic E-state index is 12.3. The summed E-state index contributed by atoms with van der Waals surface area (Å²) in [5.74, 6) is 0.111. The topological polar surface area (TPSA) is 75.3 Å². The highest BCUT2D eigenvalue weighted by atomic mass is 32.2. The number of amides is 1. The van der Waals surface area contributed by atoms with E-state index in [4.69, 9.17) is 0 Å². The van der Waals surface area contributed by atoms with E-state index in [0.717, 1.165) is 24.8 Å². The number of benzene rings is 2. The molecule has 0 aromatic heterocycles. The van der Waals surface area contributed by atoms with Gasteiger partial charge in [0.1, 0.15) is 0 Å². The highest BCUT2D eigenvalue weighted by molar-refractivity contribution is 7.89. The maximum Gasteiger partial charge on any atom is 0.240 e. The summed E-state index contributed by atoms with van der Waals surface area (Å²) in [6, 6.07) is 15.6. The Hall–Kier alpha value is -2.18. The molecular formula is C18H20N2O3S. The molecule has 0 unspecified atom stereocenters. The molecule has 0 spiro atoms. The number of carbonyl (C=O) groups excluding carboxylic acids is 1. The zero-order valence-electron chi connectivity index (χ0n) is 13.2. The number of nitrogens with one attached hydrogen (secondary N) is 2. The second kappa shape index (κ2) is 7.15. The van der Waals surface area contributed by atoms with Crippen molar-refractivity contribution in [1.29, 1.82) is 0 Å². The van der Waals surface area contributed by atoms with Gasteiger partial charge in [0.25, 0.3) is 0 Å². The molecule has 0 heterocycles. The first kappa shape index (κ1) is 16.7. The van der Waals surface area contributed by atoms with E-state index < -0.39 is 10.0 Å². The first-order valence-electron chi connectivity index (χ1n) is 7.99. The van der Waals surface area contributed by atoms with Crippen molar-refractivity contribution in [2.24, 2.45) is 5.92 Å². The Balaban J connectivity index is 1.62. The summed E-state index contributed by atoms with van der Waals surface area (Å²) >= 11 is 0. The third kappa shape index (κ3) is 4.01. The summed E-state index contributed by atoms with van der Waals surface area (Å²) in [7, 11) is -3.58. The van der Waals surface area contributed by atoms with Gasteiger partial charge in [-0.15, -0.1) is 0 Å². The van der Waals surface area contributed by atoms with Crippen LogP contribution < -0.4 is 10.0 Å². The van der Waals surface area contributed by atoms with Crippen LogP contribution in [0.4, 0.5) is 5.69 Å². The molecule has 1 saturated carbocycles. The number of rotatable bonds is 6. The van der Waals surface area contributed by atoms with Gasteiger partial charge >= 0.3 is 0 Å². The number of sulfonamides is 1. The zero-order valence-corrected chi connectivity index (χ0v) is 14.1. The third-order valence-electron chi connectivity index (χ3n) is 4.22. The van der Waals surface area contributed by atoms with Crippen LogP contribution in [0.1, 0.15) is 24.8 Å². The monoisotopic (exact) mass is 344 g/mol. The summed E-state index contributed by atoms with van der Waals surface area (Å²) in [4.78, 5) is 12.1. The molecule has 24 heavy (non-hydrogen) atoms. The number of hydrogen-bond acceptors (Lipinski definition) is 3. The minimum absolute atomic E-state index is 0.0130. The first-order chi connectivity index (χ1) is 11.5. The fourth-order valence-electron chi connectivity index (χ4n) is 2.49. The van der Waals surface area contributed by atoms with Crippen LogP contribution in [-0.4, -0.2) is 14.3 Å². The summed E-state index contributed by atoms with van der Waals surface area (Å²) in [6.07, 6.45) is 2.96. The summed E-state index contributed by atoms with van der Waals surface area (Å²) in [5, 5.41) is 2.83. The molecule has 126 valence electrons. The number of hydrogen-bond donors (Lipinski definition) is 2. The average molecular weight is 344 g/mol. The maximum atomic E-state index is 12.3. The normalized spacial score (nSPS) is 14.8. The highest BCUT2D eigenvalue weighted by Gasteiger charge is 2.25. The first-order valence-corrected chi connectivity index (χ1v) is 9.47. The molecule has 1 amide bonds. The lowest BCUT2D eigenvalue weighted by atomic mass is 9.85. The molecule has 2 aromatic carbocycles. The van der Waals surface area contributed by atoms with Gasteiger partial charge in [0, 0.05) is 18.2 Å². The van der Waals surface area contributed by atoms with E-state index in [1.807, 2.05) is 30.3 Å². The largest absolute Gasteiger partial charge is 0.326 e. The molecule has 0 radical (unpaired) electrons. The molecule has 5 nitrogen and oxygen atoms in total. The fraction of sp³-hybridized carbons (Fsp3) is 0.278. The Labute approximate surface area is 142 Å². The van der Waals surface area contributed by atoms with Crippen molar-refractivity contribution in [3.8, 4) is 0 Å². The van der Waals surface area contributed by atoms with E-state index in [2.05, 4.69) is 10.0 Å². The molecule has 3 rings (SSSR count). The molecule has 6 heteroatoms. The summed E-state index contributed by atoms with van der Waals surface area (Å²) < 4.78 is 27.2. The van der Waals surface area contributed by atoms with E-state index in [1.54, 1.807) is 12.1 Å². The molecule has 0 bridgehead atoms. The van der Waals surface area contributed by atoms with Crippen LogP contribution in [0.3, 0.4) is 0 Å². The van der Waals surface area contributed by atoms with Gasteiger partial charge in [-0.1, -0.05) is 36.8 Å². The Bertz CT molecular complexity index is 798. The van der Waals surface area contributed by atoms with E-state index >= 15 is 0 Å². The highest BCUT2D eigenvalue weighted by Crippen LogP contribution is 2.27. The molecule has 2 N–H and O–H groups in total. The standard InChI is InChI=1S/C18H20N2O3S/c21-18(15-7-4-8-15)20-16-9-11-17(12-10-16)24(22,23)19-13-14-5-2-1-3-6-14/h1-3,5-6,9-12,15,19H,4,7-8,13H2,(H,20,21). The second-order valence-electron chi connectivity index (χ2n) is 5.95. The Morgan fingerprint density at radius 3 is 2.25 bits per heavy atom. The molecular weight excluding hydrogens is 324 g/mol. The summed E-state index contributed by atoms with van der Waals surface area (Å²) in [6.45, 7) is 0.239. The predicted octanol–water partition coefficient (Wildman–Crippen LogP) is 2.90. The van der Waals surface area contributed by atoms with Crippen LogP contribution in [0.2, 0.25) is 0 Å². The van der Waals surface area contributed by atoms with Crippen LogP contribution >= 0.6 is 0 Å². The zero-order chi connectivity index (χ0) is 17.0. The van der Waals surface area contributed by atoms with Crippen molar-refractivity contribution in [2.45, 2.75) is 30.7 Å². The van der Waals surface area contributed by atoms with Crippen LogP contribution in [0.25, 0.3) is 0 Å². The SMILES string of the molecule is O=C(Nc1ccc(S(=O)(=O)NCc2ccccc2)cc1)C1CCC1. The minimum Gasteiger partial charge on any atom is -0.326 e. The molecule has 1 aliphatic rings. The lowest BCUT2D eigenvalue weighted by Crippen LogP contribution is -2.28. The molecule has 1 fully saturated rings. The summed E-state index contributed by atoms with van der Waals surface area (Å²) in [5.41, 5.74) is 1.51. The molecule has 1 aliphatic carbocycles. The van der Waals surface area contributed by atoms with Crippen molar-refractivity contribution < 1.29 is 13.2 Å². The molecule has 0 saturated heterocycles. The van der Waals surface area contributed by atoms with E-state index in [9.17, 15) is 13.2 Å². The quantitative estimate of drug-likeness (QED) is 0.846. The van der Waals surface area contributed by atoms with Crippen LogP contribution in [0, 0.1) is 5.92 Å². The van der Waals surface area contributed by atoms with E-state index in [-0.39, 0.29) is 23.3 Å². The van der Waals surface area contributed by atoms with Crippen molar-refractivity contribution in [3.63, 3.8) is 0 Å². The van der Waals surface area contributed by atoms with Gasteiger partial charge in [0.2, 0.25) is 15.9 Å². The van der Waals surface area contributed by atoms with Crippen molar-refractivity contribution in [3.05, 3.63) is 60.2 Å². The third-order valence-corrected chi connectivity index (χ3v) is 5.63. The Kier molecular flexibility index (Phi) is 4.97. The lowest BCUT2D eigenvalue weighted by Gasteiger charge is -2.24. The van der Waals surface area contributed by atoms with Gasteiger partial charge in [-0.05, 0) is 42.7 Å². The van der Waals surface area contributed by atoms with E-state index in [0.29, 0.717) is 5.69 Å². The Morgan fingerprint density at radius 2 is 1.67 bits per heavy atom. The van der Waals surface area contributed by atoms with Gasteiger partial charge in [0.05, 0.1) is 4.90 Å².